The summed E-state index contributed by atoms with van der Waals surface area (Å²) < 4.78 is 5.40. The van der Waals surface area contributed by atoms with E-state index in [0.717, 1.165) is 36.8 Å². The van der Waals surface area contributed by atoms with Crippen LogP contribution in [0.3, 0.4) is 0 Å². The summed E-state index contributed by atoms with van der Waals surface area (Å²) in [6.45, 7) is 0.509. The molecule has 21 heavy (non-hydrogen) atoms. The molecule has 0 spiro atoms. The van der Waals surface area contributed by atoms with Crippen molar-refractivity contribution in [3.05, 3.63) is 35.7 Å². The lowest BCUT2D eigenvalue weighted by Gasteiger charge is -2.26. The molecule has 1 heterocycles. The van der Waals surface area contributed by atoms with Gasteiger partial charge in [0.2, 0.25) is 11.7 Å². The first-order valence-electron chi connectivity index (χ1n) is 7.32. The van der Waals surface area contributed by atoms with Crippen molar-refractivity contribution in [2.24, 2.45) is 5.73 Å². The molecule has 0 saturated heterocycles. The van der Waals surface area contributed by atoms with Crippen LogP contribution in [0.25, 0.3) is 11.4 Å². The highest BCUT2D eigenvalue weighted by Crippen LogP contribution is 2.38. The van der Waals surface area contributed by atoms with Gasteiger partial charge in [-0.1, -0.05) is 48.7 Å². The molecule has 2 aromatic rings. The number of hydrogen-bond donors (Lipinski definition) is 1. The van der Waals surface area contributed by atoms with E-state index in [1.165, 1.54) is 6.42 Å². The average Bonchev–Trinajstić information content (AvgIpc) is 3.06. The molecule has 5 heteroatoms. The molecular weight excluding hydrogens is 264 g/mol. The predicted molar refractivity (Wildman–Crippen MR) is 78.0 cm³/mol. The van der Waals surface area contributed by atoms with E-state index in [2.05, 4.69) is 16.2 Å². The standard InChI is InChI=1S/C16H18N4O/c17-10-12-4-6-13(7-5-12)14-19-15(21-20-14)16(11-18)8-2-1-3-9-16/h4-7H,1-3,8-10,17H2. The molecule has 0 bridgehead atoms. The molecule has 1 aliphatic rings. The lowest BCUT2D eigenvalue weighted by Crippen LogP contribution is -2.27. The van der Waals surface area contributed by atoms with Gasteiger partial charge in [0.1, 0.15) is 5.41 Å². The van der Waals surface area contributed by atoms with Crippen LogP contribution in [-0.2, 0) is 12.0 Å². The Bertz CT molecular complexity index is 648. The number of nitriles is 1. The third-order valence-electron chi connectivity index (χ3n) is 4.20. The molecule has 0 atom stereocenters. The second kappa shape index (κ2) is 5.66. The molecule has 1 saturated carbocycles. The van der Waals surface area contributed by atoms with Gasteiger partial charge in [-0.3, -0.25) is 0 Å². The highest BCUT2D eigenvalue weighted by atomic mass is 16.5. The molecule has 3 rings (SSSR count). The van der Waals surface area contributed by atoms with E-state index in [9.17, 15) is 5.26 Å². The van der Waals surface area contributed by atoms with Crippen molar-refractivity contribution in [1.29, 1.82) is 5.26 Å². The zero-order valence-corrected chi connectivity index (χ0v) is 11.9. The molecule has 1 aliphatic carbocycles. The van der Waals surface area contributed by atoms with Crippen LogP contribution in [0.15, 0.2) is 28.8 Å². The third kappa shape index (κ3) is 2.55. The van der Waals surface area contributed by atoms with Gasteiger partial charge in [0.05, 0.1) is 6.07 Å². The maximum Gasteiger partial charge on any atom is 0.247 e. The Kier molecular flexibility index (Phi) is 3.72. The number of nitrogens with zero attached hydrogens (tertiary/aromatic N) is 3. The molecule has 5 nitrogen and oxygen atoms in total. The van der Waals surface area contributed by atoms with Crippen molar-refractivity contribution in [3.8, 4) is 17.5 Å². The van der Waals surface area contributed by atoms with Gasteiger partial charge in [-0.05, 0) is 18.4 Å². The van der Waals surface area contributed by atoms with Gasteiger partial charge in [0.15, 0.2) is 0 Å². The van der Waals surface area contributed by atoms with Gasteiger partial charge in [0, 0.05) is 12.1 Å². The van der Waals surface area contributed by atoms with Crippen molar-refractivity contribution < 1.29 is 4.52 Å². The minimum Gasteiger partial charge on any atom is -0.337 e. The molecule has 0 amide bonds. The van der Waals surface area contributed by atoms with Gasteiger partial charge in [-0.15, -0.1) is 0 Å². The molecule has 108 valence electrons. The summed E-state index contributed by atoms with van der Waals surface area (Å²) in [5.41, 5.74) is 6.93. The number of benzene rings is 1. The maximum atomic E-state index is 9.55. The summed E-state index contributed by atoms with van der Waals surface area (Å²) in [6, 6.07) is 10.2. The lowest BCUT2D eigenvalue weighted by molar-refractivity contribution is 0.264. The molecule has 0 radical (unpaired) electrons. The van der Waals surface area contributed by atoms with E-state index in [-0.39, 0.29) is 0 Å². The normalized spacial score (nSPS) is 17.3. The van der Waals surface area contributed by atoms with Gasteiger partial charge in [-0.25, -0.2) is 0 Å². The maximum absolute atomic E-state index is 9.55. The van der Waals surface area contributed by atoms with Crippen molar-refractivity contribution in [2.45, 2.75) is 44.1 Å². The molecule has 0 aliphatic heterocycles. The van der Waals surface area contributed by atoms with Crippen molar-refractivity contribution in [3.63, 3.8) is 0 Å². The SMILES string of the molecule is N#CC1(c2nc(-c3ccc(CN)cc3)no2)CCCCC1. The fourth-order valence-electron chi connectivity index (χ4n) is 2.85. The van der Waals surface area contributed by atoms with E-state index < -0.39 is 5.41 Å². The Morgan fingerprint density at radius 2 is 1.90 bits per heavy atom. The van der Waals surface area contributed by atoms with Crippen LogP contribution in [0, 0.1) is 11.3 Å². The van der Waals surface area contributed by atoms with Crippen LogP contribution in [0.2, 0.25) is 0 Å². The summed E-state index contributed by atoms with van der Waals surface area (Å²) in [5, 5.41) is 13.6. The fraction of sp³-hybridized carbons (Fsp3) is 0.438. The second-order valence-corrected chi connectivity index (χ2v) is 5.58. The first-order valence-corrected chi connectivity index (χ1v) is 7.32. The lowest BCUT2D eigenvalue weighted by atomic mass is 9.75. The molecule has 0 unspecified atom stereocenters. The van der Waals surface area contributed by atoms with E-state index in [4.69, 9.17) is 10.3 Å². The zero-order valence-electron chi connectivity index (χ0n) is 11.9. The van der Waals surface area contributed by atoms with Crippen molar-refractivity contribution in [1.82, 2.24) is 10.1 Å². The Morgan fingerprint density at radius 1 is 1.19 bits per heavy atom. The zero-order chi connectivity index (χ0) is 14.7. The number of aromatic nitrogens is 2. The van der Waals surface area contributed by atoms with Crippen LogP contribution >= 0.6 is 0 Å². The number of rotatable bonds is 3. The third-order valence-corrected chi connectivity index (χ3v) is 4.20. The average molecular weight is 282 g/mol. The molecule has 1 aromatic heterocycles. The monoisotopic (exact) mass is 282 g/mol. The summed E-state index contributed by atoms with van der Waals surface area (Å²) in [4.78, 5) is 4.47. The van der Waals surface area contributed by atoms with Crippen LogP contribution in [-0.4, -0.2) is 10.1 Å². The Labute approximate surface area is 123 Å². The number of hydrogen-bond acceptors (Lipinski definition) is 5. The quantitative estimate of drug-likeness (QED) is 0.935. The van der Waals surface area contributed by atoms with Crippen LogP contribution in [0.4, 0.5) is 0 Å². The van der Waals surface area contributed by atoms with E-state index >= 15 is 0 Å². The number of nitrogens with two attached hydrogens (primary N) is 1. The van der Waals surface area contributed by atoms with Gasteiger partial charge in [-0.2, -0.15) is 10.2 Å². The van der Waals surface area contributed by atoms with E-state index in [1.807, 2.05) is 24.3 Å². The Morgan fingerprint density at radius 3 is 2.52 bits per heavy atom. The molecular formula is C16H18N4O. The molecule has 1 aromatic carbocycles. The summed E-state index contributed by atoms with van der Waals surface area (Å²) in [7, 11) is 0. The smallest absolute Gasteiger partial charge is 0.247 e. The Hall–Kier alpha value is -2.19. The van der Waals surface area contributed by atoms with E-state index in [1.54, 1.807) is 0 Å². The van der Waals surface area contributed by atoms with Crippen LogP contribution in [0.5, 0.6) is 0 Å². The van der Waals surface area contributed by atoms with Crippen molar-refractivity contribution in [2.75, 3.05) is 0 Å². The molecule has 1 fully saturated rings. The second-order valence-electron chi connectivity index (χ2n) is 5.58. The molecule has 2 N–H and O–H groups in total. The topological polar surface area (TPSA) is 88.7 Å². The van der Waals surface area contributed by atoms with Crippen LogP contribution in [0.1, 0.15) is 43.6 Å². The van der Waals surface area contributed by atoms with Gasteiger partial charge in [0.25, 0.3) is 0 Å². The summed E-state index contributed by atoms with van der Waals surface area (Å²) in [6.07, 6.45) is 4.85. The highest BCUT2D eigenvalue weighted by Gasteiger charge is 2.39. The fourth-order valence-corrected chi connectivity index (χ4v) is 2.85. The van der Waals surface area contributed by atoms with E-state index in [0.29, 0.717) is 18.3 Å². The summed E-state index contributed by atoms with van der Waals surface area (Å²) >= 11 is 0. The van der Waals surface area contributed by atoms with Gasteiger partial charge >= 0.3 is 0 Å². The minimum atomic E-state index is -0.597. The first-order chi connectivity index (χ1) is 10.3. The van der Waals surface area contributed by atoms with Crippen LogP contribution < -0.4 is 5.73 Å². The largest absolute Gasteiger partial charge is 0.337 e. The first kappa shape index (κ1) is 13.8. The van der Waals surface area contributed by atoms with Crippen molar-refractivity contribution >= 4 is 0 Å². The summed E-state index contributed by atoms with van der Waals surface area (Å²) in [5.74, 6) is 0.997. The Balaban J connectivity index is 1.90. The van der Waals surface area contributed by atoms with Gasteiger partial charge < -0.3 is 10.3 Å². The minimum absolute atomic E-state index is 0.461. The highest BCUT2D eigenvalue weighted by molar-refractivity contribution is 5.54. The predicted octanol–water partition coefficient (Wildman–Crippen LogP) is 2.92.